The van der Waals surface area contributed by atoms with Gasteiger partial charge < -0.3 is 20.6 Å². The molecule has 21 heavy (non-hydrogen) atoms. The molecule has 1 unspecified atom stereocenters. The van der Waals surface area contributed by atoms with Crippen LogP contribution in [-0.2, 0) is 11.3 Å². The summed E-state index contributed by atoms with van der Waals surface area (Å²) >= 11 is 1.01. The number of aromatic carboxylic acids is 1. The number of nitrogens with one attached hydrogen (secondary N) is 2. The molecule has 0 saturated heterocycles. The zero-order valence-electron chi connectivity index (χ0n) is 12.3. The number of carboxylic acid groups (broad SMARTS) is 1. The lowest BCUT2D eigenvalue weighted by Gasteiger charge is -2.18. The van der Waals surface area contributed by atoms with Crippen molar-refractivity contribution in [2.75, 3.05) is 14.1 Å². The van der Waals surface area contributed by atoms with Gasteiger partial charge in [-0.15, -0.1) is 11.3 Å². The maximum Gasteiger partial charge on any atom is 0.347 e. The first-order chi connectivity index (χ1) is 9.72. The molecule has 0 radical (unpaired) electrons. The number of hydrogen-bond acceptors (Lipinski definition) is 5. The highest BCUT2D eigenvalue weighted by Gasteiger charge is 2.18. The second-order valence-electron chi connectivity index (χ2n) is 4.61. The fourth-order valence-corrected chi connectivity index (χ4v) is 2.42. The van der Waals surface area contributed by atoms with Gasteiger partial charge in [0, 0.05) is 14.1 Å². The highest BCUT2D eigenvalue weighted by molar-refractivity contribution is 7.13. The average molecular weight is 314 g/mol. The Labute approximate surface area is 126 Å². The molecule has 1 rings (SSSR count). The molecular weight excluding hydrogens is 296 g/mol. The summed E-state index contributed by atoms with van der Waals surface area (Å²) in [6, 6.07) is -1.16. The Morgan fingerprint density at radius 1 is 1.38 bits per heavy atom. The van der Waals surface area contributed by atoms with Crippen molar-refractivity contribution in [1.29, 1.82) is 0 Å². The molecule has 3 N–H and O–H groups in total. The summed E-state index contributed by atoms with van der Waals surface area (Å²) < 4.78 is 0. The van der Waals surface area contributed by atoms with Crippen LogP contribution in [0.25, 0.3) is 0 Å². The Morgan fingerprint density at radius 2 is 2.00 bits per heavy atom. The van der Waals surface area contributed by atoms with Gasteiger partial charge >= 0.3 is 12.0 Å². The van der Waals surface area contributed by atoms with Crippen molar-refractivity contribution < 1.29 is 19.5 Å². The summed E-state index contributed by atoms with van der Waals surface area (Å²) in [4.78, 5) is 39.7. The predicted molar refractivity (Wildman–Crippen MR) is 77.3 cm³/mol. The van der Waals surface area contributed by atoms with Gasteiger partial charge in [-0.2, -0.15) is 0 Å². The topological polar surface area (TPSA) is 112 Å². The molecule has 8 nitrogen and oxygen atoms in total. The fourth-order valence-electron chi connectivity index (χ4n) is 1.58. The van der Waals surface area contributed by atoms with Gasteiger partial charge in [-0.1, -0.05) is 0 Å². The van der Waals surface area contributed by atoms with Gasteiger partial charge in [-0.3, -0.25) is 4.79 Å². The first kappa shape index (κ1) is 16.9. The van der Waals surface area contributed by atoms with Crippen molar-refractivity contribution in [3.8, 4) is 0 Å². The number of thiazole rings is 1. The van der Waals surface area contributed by atoms with E-state index >= 15 is 0 Å². The molecule has 0 bridgehead atoms. The Morgan fingerprint density at radius 3 is 2.48 bits per heavy atom. The molecule has 0 aliphatic carbocycles. The number of carbonyl (C=O) groups excluding carboxylic acids is 2. The molecule has 0 aliphatic rings. The van der Waals surface area contributed by atoms with Crippen molar-refractivity contribution in [2.45, 2.75) is 26.4 Å². The molecule has 0 aromatic carbocycles. The standard InChI is InChI=1S/C12H18N4O4S/c1-6-9(11(18)19)21-8(14-6)5-13-12(20)15-7(2)10(17)16(3)4/h7H,5H2,1-4H3,(H,18,19)(H2,13,15,20). The van der Waals surface area contributed by atoms with E-state index in [0.29, 0.717) is 10.7 Å². The zero-order valence-corrected chi connectivity index (χ0v) is 13.1. The number of aryl methyl sites for hydroxylation is 1. The third kappa shape index (κ3) is 4.71. The Kier molecular flexibility index (Phi) is 5.65. The first-order valence-electron chi connectivity index (χ1n) is 6.17. The van der Waals surface area contributed by atoms with Crippen molar-refractivity contribution in [3.63, 3.8) is 0 Å². The van der Waals surface area contributed by atoms with Crippen molar-refractivity contribution >= 4 is 29.2 Å². The van der Waals surface area contributed by atoms with Crippen LogP contribution in [-0.4, -0.2) is 53.0 Å². The highest BCUT2D eigenvalue weighted by atomic mass is 32.1. The minimum absolute atomic E-state index is 0.105. The summed E-state index contributed by atoms with van der Waals surface area (Å²) in [6.07, 6.45) is 0. The van der Waals surface area contributed by atoms with Gasteiger partial charge in [0.15, 0.2) is 0 Å². The predicted octanol–water partition coefficient (Wildman–Crippen LogP) is 0.426. The zero-order chi connectivity index (χ0) is 16.2. The van der Waals surface area contributed by atoms with Crippen molar-refractivity contribution in [3.05, 3.63) is 15.6 Å². The van der Waals surface area contributed by atoms with Gasteiger partial charge in [0.2, 0.25) is 5.91 Å². The molecule has 1 heterocycles. The second kappa shape index (κ2) is 7.02. The van der Waals surface area contributed by atoms with Crippen molar-refractivity contribution in [2.24, 2.45) is 0 Å². The van der Waals surface area contributed by atoms with Crippen LogP contribution in [0.2, 0.25) is 0 Å². The number of aromatic nitrogens is 1. The van der Waals surface area contributed by atoms with E-state index in [4.69, 9.17) is 5.11 Å². The SMILES string of the molecule is Cc1nc(CNC(=O)NC(C)C(=O)N(C)C)sc1C(=O)O. The van der Waals surface area contributed by atoms with Crippen LogP contribution in [0.1, 0.15) is 27.3 Å². The van der Waals surface area contributed by atoms with E-state index in [1.165, 1.54) is 4.90 Å². The number of amides is 3. The lowest BCUT2D eigenvalue weighted by Crippen LogP contribution is -2.47. The molecular formula is C12H18N4O4S. The largest absolute Gasteiger partial charge is 0.477 e. The summed E-state index contributed by atoms with van der Waals surface area (Å²) in [5.41, 5.74) is 0.417. The molecule has 0 aliphatic heterocycles. The molecule has 116 valence electrons. The van der Waals surface area contributed by atoms with Crippen LogP contribution in [0.5, 0.6) is 0 Å². The van der Waals surface area contributed by atoms with E-state index in [9.17, 15) is 14.4 Å². The van der Waals surface area contributed by atoms with Gasteiger partial charge in [-0.05, 0) is 13.8 Å². The van der Waals surface area contributed by atoms with Crippen LogP contribution in [0.3, 0.4) is 0 Å². The lowest BCUT2D eigenvalue weighted by molar-refractivity contribution is -0.130. The summed E-state index contributed by atoms with van der Waals surface area (Å²) in [7, 11) is 3.20. The van der Waals surface area contributed by atoms with E-state index in [-0.39, 0.29) is 17.3 Å². The monoisotopic (exact) mass is 314 g/mol. The van der Waals surface area contributed by atoms with E-state index in [0.717, 1.165) is 11.3 Å². The maximum atomic E-state index is 11.6. The Hall–Kier alpha value is -2.16. The molecule has 1 aromatic rings. The van der Waals surface area contributed by atoms with Crippen LogP contribution < -0.4 is 10.6 Å². The molecule has 0 fully saturated rings. The van der Waals surface area contributed by atoms with Gasteiger partial charge in [0.25, 0.3) is 0 Å². The first-order valence-corrected chi connectivity index (χ1v) is 6.99. The number of likely N-dealkylation sites (N-methyl/N-ethyl adjacent to an activating group) is 1. The van der Waals surface area contributed by atoms with Crippen LogP contribution in [0.4, 0.5) is 4.79 Å². The number of carboxylic acids is 1. The third-order valence-corrected chi connectivity index (χ3v) is 3.74. The highest BCUT2D eigenvalue weighted by Crippen LogP contribution is 2.17. The molecule has 1 aromatic heterocycles. The third-order valence-electron chi connectivity index (χ3n) is 2.59. The lowest BCUT2D eigenvalue weighted by atomic mass is 10.3. The molecule has 0 spiro atoms. The van der Waals surface area contributed by atoms with E-state index < -0.39 is 18.0 Å². The Balaban J connectivity index is 2.52. The minimum atomic E-state index is -1.04. The van der Waals surface area contributed by atoms with Gasteiger partial charge in [0.1, 0.15) is 15.9 Å². The molecule has 3 amide bonds. The Bertz CT molecular complexity index is 555. The maximum absolute atomic E-state index is 11.6. The number of rotatable bonds is 5. The molecule has 0 saturated carbocycles. The summed E-state index contributed by atoms with van der Waals surface area (Å²) in [5.74, 6) is -1.26. The summed E-state index contributed by atoms with van der Waals surface area (Å²) in [5, 5.41) is 14.4. The number of urea groups is 1. The quantitative estimate of drug-likeness (QED) is 0.729. The van der Waals surface area contributed by atoms with Crippen LogP contribution in [0, 0.1) is 6.92 Å². The van der Waals surface area contributed by atoms with E-state index in [1.54, 1.807) is 27.9 Å². The van der Waals surface area contributed by atoms with Gasteiger partial charge in [-0.25, -0.2) is 14.6 Å². The van der Waals surface area contributed by atoms with Crippen LogP contribution in [0.15, 0.2) is 0 Å². The number of nitrogens with zero attached hydrogens (tertiary/aromatic N) is 2. The second-order valence-corrected chi connectivity index (χ2v) is 5.69. The van der Waals surface area contributed by atoms with Crippen molar-refractivity contribution in [1.82, 2.24) is 20.5 Å². The van der Waals surface area contributed by atoms with Gasteiger partial charge in [0.05, 0.1) is 12.2 Å². The van der Waals surface area contributed by atoms with Crippen LogP contribution >= 0.6 is 11.3 Å². The molecule has 9 heteroatoms. The minimum Gasteiger partial charge on any atom is -0.477 e. The number of hydrogen-bond donors (Lipinski definition) is 3. The average Bonchev–Trinajstić information content (AvgIpc) is 2.76. The van der Waals surface area contributed by atoms with E-state index in [2.05, 4.69) is 15.6 Å². The fraction of sp³-hybridized carbons (Fsp3) is 0.500. The molecule has 1 atom stereocenters. The smallest absolute Gasteiger partial charge is 0.347 e. The number of carbonyl (C=O) groups is 3. The van der Waals surface area contributed by atoms with E-state index in [1.807, 2.05) is 0 Å². The summed E-state index contributed by atoms with van der Waals surface area (Å²) in [6.45, 7) is 3.28. The normalized spacial score (nSPS) is 11.6.